The molecule has 0 bridgehead atoms. The SMILES string of the molecule is CC(Cc1ccccc1)N1CCOC(C(=O)O)C1. The smallest absolute Gasteiger partial charge is 0.334 e. The zero-order valence-corrected chi connectivity index (χ0v) is 10.6. The van der Waals surface area contributed by atoms with Gasteiger partial charge in [-0.15, -0.1) is 0 Å². The summed E-state index contributed by atoms with van der Waals surface area (Å²) in [6.45, 7) is 3.91. The molecule has 0 amide bonds. The van der Waals surface area contributed by atoms with Crippen LogP contribution >= 0.6 is 0 Å². The molecular weight excluding hydrogens is 230 g/mol. The maximum absolute atomic E-state index is 10.9. The molecule has 2 rings (SSSR count). The zero-order chi connectivity index (χ0) is 13.0. The second-order valence-electron chi connectivity index (χ2n) is 4.73. The second-order valence-corrected chi connectivity index (χ2v) is 4.73. The molecule has 1 aromatic carbocycles. The molecule has 0 aromatic heterocycles. The number of aliphatic carboxylic acids is 1. The van der Waals surface area contributed by atoms with Crippen molar-refractivity contribution in [1.29, 1.82) is 0 Å². The second kappa shape index (κ2) is 5.98. The van der Waals surface area contributed by atoms with Crippen LogP contribution in [0.3, 0.4) is 0 Å². The summed E-state index contributed by atoms with van der Waals surface area (Å²) >= 11 is 0. The molecule has 2 atom stereocenters. The molecule has 0 aliphatic carbocycles. The third-order valence-corrected chi connectivity index (χ3v) is 3.37. The van der Waals surface area contributed by atoms with E-state index in [-0.39, 0.29) is 0 Å². The summed E-state index contributed by atoms with van der Waals surface area (Å²) in [5, 5.41) is 8.98. The topological polar surface area (TPSA) is 49.8 Å². The maximum atomic E-state index is 10.9. The van der Waals surface area contributed by atoms with Crippen molar-refractivity contribution >= 4 is 5.97 Å². The van der Waals surface area contributed by atoms with Gasteiger partial charge in [-0.05, 0) is 18.9 Å². The van der Waals surface area contributed by atoms with Gasteiger partial charge in [0.2, 0.25) is 0 Å². The van der Waals surface area contributed by atoms with Gasteiger partial charge in [0, 0.05) is 19.1 Å². The fraction of sp³-hybridized carbons (Fsp3) is 0.500. The lowest BCUT2D eigenvalue weighted by Crippen LogP contribution is -2.50. The van der Waals surface area contributed by atoms with E-state index in [1.54, 1.807) is 0 Å². The molecule has 0 radical (unpaired) electrons. The number of benzene rings is 1. The van der Waals surface area contributed by atoms with Gasteiger partial charge in [0.15, 0.2) is 6.10 Å². The van der Waals surface area contributed by atoms with Crippen LogP contribution in [0.4, 0.5) is 0 Å². The van der Waals surface area contributed by atoms with E-state index in [4.69, 9.17) is 9.84 Å². The highest BCUT2D eigenvalue weighted by molar-refractivity contribution is 5.72. The first-order valence-electron chi connectivity index (χ1n) is 6.29. The van der Waals surface area contributed by atoms with Gasteiger partial charge in [-0.25, -0.2) is 4.79 Å². The Kier molecular flexibility index (Phi) is 4.33. The fourth-order valence-corrected chi connectivity index (χ4v) is 2.30. The Hall–Kier alpha value is -1.39. The summed E-state index contributed by atoms with van der Waals surface area (Å²) in [5.74, 6) is -0.869. The van der Waals surface area contributed by atoms with E-state index in [2.05, 4.69) is 24.0 Å². The molecule has 1 heterocycles. The molecule has 4 heteroatoms. The van der Waals surface area contributed by atoms with Crippen LogP contribution in [0.5, 0.6) is 0 Å². The number of carboxylic acid groups (broad SMARTS) is 1. The number of carboxylic acids is 1. The Morgan fingerprint density at radius 2 is 2.22 bits per heavy atom. The van der Waals surface area contributed by atoms with Gasteiger partial charge < -0.3 is 9.84 Å². The van der Waals surface area contributed by atoms with Gasteiger partial charge in [-0.2, -0.15) is 0 Å². The molecule has 1 aromatic rings. The largest absolute Gasteiger partial charge is 0.479 e. The highest BCUT2D eigenvalue weighted by Crippen LogP contribution is 2.13. The van der Waals surface area contributed by atoms with E-state index in [0.29, 0.717) is 19.2 Å². The first kappa shape index (κ1) is 13.1. The van der Waals surface area contributed by atoms with Crippen molar-refractivity contribution in [3.63, 3.8) is 0 Å². The predicted octanol–water partition coefficient (Wildman–Crippen LogP) is 1.40. The van der Waals surface area contributed by atoms with Gasteiger partial charge >= 0.3 is 5.97 Å². The number of hydrogen-bond acceptors (Lipinski definition) is 3. The van der Waals surface area contributed by atoms with Crippen molar-refractivity contribution < 1.29 is 14.6 Å². The van der Waals surface area contributed by atoms with E-state index < -0.39 is 12.1 Å². The number of rotatable bonds is 4. The van der Waals surface area contributed by atoms with Crippen LogP contribution in [0.2, 0.25) is 0 Å². The fourth-order valence-electron chi connectivity index (χ4n) is 2.30. The summed E-state index contributed by atoms with van der Waals surface area (Å²) in [6, 6.07) is 10.6. The minimum atomic E-state index is -0.869. The van der Waals surface area contributed by atoms with Gasteiger partial charge in [-0.1, -0.05) is 30.3 Å². The van der Waals surface area contributed by atoms with Crippen molar-refractivity contribution in [2.45, 2.75) is 25.5 Å². The van der Waals surface area contributed by atoms with Crippen LogP contribution in [0.1, 0.15) is 12.5 Å². The molecule has 0 saturated carbocycles. The van der Waals surface area contributed by atoms with E-state index in [0.717, 1.165) is 13.0 Å². The summed E-state index contributed by atoms with van der Waals surface area (Å²) in [5.41, 5.74) is 1.28. The summed E-state index contributed by atoms with van der Waals surface area (Å²) < 4.78 is 5.23. The Morgan fingerprint density at radius 1 is 1.50 bits per heavy atom. The summed E-state index contributed by atoms with van der Waals surface area (Å²) in [6.07, 6.45) is 0.254. The van der Waals surface area contributed by atoms with Crippen molar-refractivity contribution in [2.75, 3.05) is 19.7 Å². The van der Waals surface area contributed by atoms with Crippen LogP contribution in [0.15, 0.2) is 30.3 Å². The molecule has 18 heavy (non-hydrogen) atoms. The van der Waals surface area contributed by atoms with Crippen molar-refractivity contribution in [3.05, 3.63) is 35.9 Å². The lowest BCUT2D eigenvalue weighted by molar-refractivity contribution is -0.156. The van der Waals surface area contributed by atoms with Gasteiger partial charge in [0.05, 0.1) is 6.61 Å². The van der Waals surface area contributed by atoms with Gasteiger partial charge in [0.25, 0.3) is 0 Å². The molecule has 1 aliphatic heterocycles. The molecule has 1 saturated heterocycles. The average Bonchev–Trinajstić information content (AvgIpc) is 2.40. The Bertz CT molecular complexity index is 393. The molecular formula is C14H19NO3. The first-order valence-corrected chi connectivity index (χ1v) is 6.29. The first-order chi connectivity index (χ1) is 8.66. The highest BCUT2D eigenvalue weighted by Gasteiger charge is 2.28. The van der Waals surface area contributed by atoms with Gasteiger partial charge in [0.1, 0.15) is 0 Å². The minimum absolute atomic E-state index is 0.332. The number of morpholine rings is 1. The van der Waals surface area contributed by atoms with E-state index in [9.17, 15) is 4.79 Å². The Morgan fingerprint density at radius 3 is 2.89 bits per heavy atom. The lowest BCUT2D eigenvalue weighted by Gasteiger charge is -2.35. The molecule has 1 N–H and O–H groups in total. The molecule has 0 spiro atoms. The van der Waals surface area contributed by atoms with E-state index in [1.165, 1.54) is 5.56 Å². The zero-order valence-electron chi connectivity index (χ0n) is 10.6. The van der Waals surface area contributed by atoms with Crippen molar-refractivity contribution in [3.8, 4) is 0 Å². The molecule has 2 unspecified atom stereocenters. The van der Waals surface area contributed by atoms with Gasteiger partial charge in [-0.3, -0.25) is 4.90 Å². The lowest BCUT2D eigenvalue weighted by atomic mass is 10.1. The maximum Gasteiger partial charge on any atom is 0.334 e. The Labute approximate surface area is 107 Å². The number of hydrogen-bond donors (Lipinski definition) is 1. The number of carbonyl (C=O) groups is 1. The Balaban J connectivity index is 1.92. The van der Waals surface area contributed by atoms with E-state index in [1.807, 2.05) is 18.2 Å². The quantitative estimate of drug-likeness (QED) is 0.876. The standard InChI is InChI=1S/C14H19NO3/c1-11(9-12-5-3-2-4-6-12)15-7-8-18-13(10-15)14(16)17/h2-6,11,13H,7-10H2,1H3,(H,16,17). The number of ether oxygens (including phenoxy) is 1. The van der Waals surface area contributed by atoms with Crippen LogP contribution in [-0.2, 0) is 16.0 Å². The third kappa shape index (κ3) is 3.31. The molecule has 98 valence electrons. The monoisotopic (exact) mass is 249 g/mol. The van der Waals surface area contributed by atoms with Crippen LogP contribution in [0.25, 0.3) is 0 Å². The minimum Gasteiger partial charge on any atom is -0.479 e. The summed E-state index contributed by atoms with van der Waals surface area (Å²) in [4.78, 5) is 13.1. The van der Waals surface area contributed by atoms with Crippen LogP contribution in [-0.4, -0.2) is 47.8 Å². The number of nitrogens with zero attached hydrogens (tertiary/aromatic N) is 1. The molecule has 1 fully saturated rings. The van der Waals surface area contributed by atoms with Crippen LogP contribution in [0, 0.1) is 0 Å². The highest BCUT2D eigenvalue weighted by atomic mass is 16.5. The van der Waals surface area contributed by atoms with Crippen LogP contribution < -0.4 is 0 Å². The predicted molar refractivity (Wildman–Crippen MR) is 68.6 cm³/mol. The van der Waals surface area contributed by atoms with Crippen molar-refractivity contribution in [2.24, 2.45) is 0 Å². The third-order valence-electron chi connectivity index (χ3n) is 3.37. The van der Waals surface area contributed by atoms with E-state index >= 15 is 0 Å². The van der Waals surface area contributed by atoms with Crippen molar-refractivity contribution in [1.82, 2.24) is 4.90 Å². The normalized spacial score (nSPS) is 22.6. The molecule has 4 nitrogen and oxygen atoms in total. The average molecular weight is 249 g/mol. The molecule has 1 aliphatic rings. The summed E-state index contributed by atoms with van der Waals surface area (Å²) in [7, 11) is 0.